The van der Waals surface area contributed by atoms with E-state index in [0.29, 0.717) is 5.69 Å². The maximum atomic E-state index is 13.7. The molecule has 1 unspecified atom stereocenters. The summed E-state index contributed by atoms with van der Waals surface area (Å²) in [6.07, 6.45) is 1.93. The van der Waals surface area contributed by atoms with Crippen molar-refractivity contribution in [2.24, 2.45) is 5.73 Å². The normalized spacial score (nSPS) is 17.9. The lowest BCUT2D eigenvalue weighted by atomic mass is 10.0. The molecule has 3 heterocycles. The first-order chi connectivity index (χ1) is 17.4. The second kappa shape index (κ2) is 9.88. The van der Waals surface area contributed by atoms with Gasteiger partial charge in [-0.2, -0.15) is 0 Å². The van der Waals surface area contributed by atoms with Gasteiger partial charge in [0.2, 0.25) is 5.91 Å². The number of carbonyl (C=O) groups is 2. The van der Waals surface area contributed by atoms with Crippen LogP contribution in [-0.2, 0) is 11.3 Å². The number of halogens is 1. The number of anilines is 1. The quantitative estimate of drug-likeness (QED) is 0.295. The highest BCUT2D eigenvalue weighted by atomic mass is 35.5. The number of nitro benzene ring substituents is 1. The molecule has 0 saturated carbocycles. The van der Waals surface area contributed by atoms with E-state index in [-0.39, 0.29) is 35.2 Å². The molecule has 0 radical (unpaired) electrons. The molecule has 1 aromatic heterocycles. The first kappa shape index (κ1) is 24.2. The third-order valence-electron chi connectivity index (χ3n) is 6.96. The summed E-state index contributed by atoms with van der Waals surface area (Å²) in [6, 6.07) is 9.67. The van der Waals surface area contributed by atoms with Gasteiger partial charge in [-0.3, -0.25) is 24.6 Å². The average molecular weight is 512 g/mol. The molecule has 0 bridgehead atoms. The smallest absolute Gasteiger partial charge is 0.271 e. The minimum absolute atomic E-state index is 0.111. The van der Waals surface area contributed by atoms with E-state index < -0.39 is 16.7 Å². The molecule has 1 fully saturated rings. The van der Waals surface area contributed by atoms with Gasteiger partial charge in [0.1, 0.15) is 0 Å². The molecule has 2 aliphatic heterocycles. The van der Waals surface area contributed by atoms with Crippen molar-refractivity contribution in [3.8, 4) is 0 Å². The molecule has 5 rings (SSSR count). The highest BCUT2D eigenvalue weighted by Crippen LogP contribution is 2.40. The van der Waals surface area contributed by atoms with Crippen LogP contribution in [-0.4, -0.2) is 71.5 Å². The first-order valence-corrected chi connectivity index (χ1v) is 12.3. The highest BCUT2D eigenvalue weighted by molar-refractivity contribution is 6.19. The lowest BCUT2D eigenvalue weighted by molar-refractivity contribution is -0.384. The Balaban J connectivity index is 1.49. The Hall–Kier alpha value is -3.47. The summed E-state index contributed by atoms with van der Waals surface area (Å²) < 4.78 is 7.45. The number of nitro groups is 1. The molecule has 2 aliphatic rings. The number of fused-ring (bicyclic) bond motifs is 2. The number of hydrogen-bond donors (Lipinski definition) is 1. The minimum atomic E-state index is -0.714. The predicted molar refractivity (Wildman–Crippen MR) is 136 cm³/mol. The van der Waals surface area contributed by atoms with Crippen LogP contribution >= 0.6 is 11.6 Å². The predicted octanol–water partition coefficient (Wildman–Crippen LogP) is 2.96. The zero-order chi connectivity index (χ0) is 25.4. The van der Waals surface area contributed by atoms with Gasteiger partial charge in [0.15, 0.2) is 0 Å². The number of morpholine rings is 1. The van der Waals surface area contributed by atoms with Gasteiger partial charge in [-0.15, -0.1) is 11.6 Å². The van der Waals surface area contributed by atoms with Crippen molar-refractivity contribution in [2.75, 3.05) is 50.2 Å². The van der Waals surface area contributed by atoms with Gasteiger partial charge in [0, 0.05) is 73.8 Å². The summed E-state index contributed by atoms with van der Waals surface area (Å²) in [5.41, 5.74) is 7.87. The summed E-state index contributed by atoms with van der Waals surface area (Å²) in [5, 5.41) is 12.2. The molecule has 0 aliphatic carbocycles. The lowest BCUT2D eigenvalue weighted by Crippen LogP contribution is -2.38. The van der Waals surface area contributed by atoms with Gasteiger partial charge < -0.3 is 19.9 Å². The summed E-state index contributed by atoms with van der Waals surface area (Å²) in [4.78, 5) is 40.8. The number of benzene rings is 2. The van der Waals surface area contributed by atoms with Crippen molar-refractivity contribution >= 4 is 45.7 Å². The Kier molecular flexibility index (Phi) is 6.65. The van der Waals surface area contributed by atoms with Gasteiger partial charge in [-0.05, 0) is 29.8 Å². The van der Waals surface area contributed by atoms with Crippen LogP contribution in [0.4, 0.5) is 11.4 Å². The van der Waals surface area contributed by atoms with E-state index in [2.05, 4.69) is 4.90 Å². The maximum absolute atomic E-state index is 13.7. The summed E-state index contributed by atoms with van der Waals surface area (Å²) in [5.74, 6) is -1.08. The van der Waals surface area contributed by atoms with E-state index in [0.717, 1.165) is 55.9 Å². The number of alkyl halides is 1. The third kappa shape index (κ3) is 4.43. The fraction of sp³-hybridized carbons (Fsp3) is 0.360. The van der Waals surface area contributed by atoms with E-state index in [4.69, 9.17) is 22.1 Å². The first-order valence-electron chi connectivity index (χ1n) is 11.8. The Morgan fingerprint density at radius 1 is 1.11 bits per heavy atom. The Morgan fingerprint density at radius 3 is 2.58 bits per heavy atom. The average Bonchev–Trinajstić information content (AvgIpc) is 3.47. The molecule has 2 aromatic carbocycles. The van der Waals surface area contributed by atoms with Crippen LogP contribution in [0.1, 0.15) is 32.2 Å². The molecule has 2 amide bonds. The fourth-order valence-corrected chi connectivity index (χ4v) is 5.26. The summed E-state index contributed by atoms with van der Waals surface area (Å²) in [7, 11) is 0. The van der Waals surface area contributed by atoms with Crippen LogP contribution in [0.5, 0.6) is 0 Å². The third-order valence-corrected chi connectivity index (χ3v) is 7.33. The van der Waals surface area contributed by atoms with Crippen molar-refractivity contribution in [3.05, 3.63) is 69.4 Å². The Morgan fingerprint density at radius 2 is 1.89 bits per heavy atom. The van der Waals surface area contributed by atoms with Crippen LogP contribution in [0.15, 0.2) is 42.6 Å². The fourth-order valence-electron chi connectivity index (χ4n) is 5.00. The molecule has 1 saturated heterocycles. The van der Waals surface area contributed by atoms with Crippen LogP contribution in [0, 0.1) is 10.1 Å². The second-order valence-electron chi connectivity index (χ2n) is 9.05. The maximum Gasteiger partial charge on any atom is 0.271 e. The molecule has 36 heavy (non-hydrogen) atoms. The van der Waals surface area contributed by atoms with Crippen molar-refractivity contribution in [3.63, 3.8) is 0 Å². The van der Waals surface area contributed by atoms with E-state index in [1.807, 2.05) is 16.8 Å². The highest BCUT2D eigenvalue weighted by Gasteiger charge is 2.35. The number of non-ortho nitro benzene ring substituents is 1. The van der Waals surface area contributed by atoms with Crippen LogP contribution in [0.25, 0.3) is 10.9 Å². The Bertz CT molecular complexity index is 1350. The molecule has 10 nitrogen and oxygen atoms in total. The molecule has 188 valence electrons. The van der Waals surface area contributed by atoms with Crippen molar-refractivity contribution in [2.45, 2.75) is 12.5 Å². The van der Waals surface area contributed by atoms with E-state index in [1.54, 1.807) is 18.2 Å². The molecule has 3 aromatic rings. The number of primary amides is 1. The van der Waals surface area contributed by atoms with Crippen LogP contribution in [0.3, 0.4) is 0 Å². The number of hydrogen-bond acceptors (Lipinski definition) is 6. The number of nitrogens with two attached hydrogens (primary N) is 1. The van der Waals surface area contributed by atoms with Gasteiger partial charge in [-0.1, -0.05) is 0 Å². The Labute approximate surface area is 212 Å². The molecule has 0 spiro atoms. The van der Waals surface area contributed by atoms with Gasteiger partial charge in [-0.25, -0.2) is 0 Å². The van der Waals surface area contributed by atoms with Gasteiger partial charge >= 0.3 is 0 Å². The van der Waals surface area contributed by atoms with Crippen molar-refractivity contribution in [1.82, 2.24) is 9.47 Å². The number of ether oxygens (including phenoxy) is 1. The number of rotatable bonds is 7. The number of amides is 2. The standard InChI is InChI=1S/C25H26ClN5O5/c26-14-17-15-30(23-12-18(31(34)35)1-2-19(17)23)25(33)21-11-16-3-4-29(22(16)13-20(21)24(27)32)6-5-28-7-9-36-10-8-28/h1-4,11-13,17H,5-10,14-15H2,(H2,27,32). The number of aromatic nitrogens is 1. The molecular weight excluding hydrogens is 486 g/mol. The largest absolute Gasteiger partial charge is 0.379 e. The molecular formula is C25H26ClN5O5. The van der Waals surface area contributed by atoms with Crippen molar-refractivity contribution < 1.29 is 19.2 Å². The SMILES string of the molecule is NC(=O)c1cc2c(ccn2CCN2CCOCC2)cc1C(=O)N1CC(CCl)c2ccc([N+](=O)[O-])cc21. The molecule has 1 atom stereocenters. The zero-order valence-electron chi connectivity index (χ0n) is 19.6. The zero-order valence-corrected chi connectivity index (χ0v) is 20.3. The number of carbonyl (C=O) groups excluding carboxylic acids is 2. The minimum Gasteiger partial charge on any atom is -0.379 e. The monoisotopic (exact) mass is 511 g/mol. The summed E-state index contributed by atoms with van der Waals surface area (Å²) >= 11 is 6.14. The lowest BCUT2D eigenvalue weighted by Gasteiger charge is -2.26. The van der Waals surface area contributed by atoms with Crippen LogP contribution in [0.2, 0.25) is 0 Å². The molecule has 2 N–H and O–H groups in total. The van der Waals surface area contributed by atoms with E-state index in [9.17, 15) is 19.7 Å². The topological polar surface area (TPSA) is 124 Å². The number of nitrogens with zero attached hydrogens (tertiary/aromatic N) is 4. The van der Waals surface area contributed by atoms with Crippen molar-refractivity contribution in [1.29, 1.82) is 0 Å². The van der Waals surface area contributed by atoms with Crippen LogP contribution < -0.4 is 10.6 Å². The van der Waals surface area contributed by atoms with Gasteiger partial charge in [0.05, 0.1) is 35.0 Å². The van der Waals surface area contributed by atoms with E-state index >= 15 is 0 Å². The summed E-state index contributed by atoms with van der Waals surface area (Å²) in [6.45, 7) is 5.01. The van der Waals surface area contributed by atoms with Gasteiger partial charge in [0.25, 0.3) is 11.6 Å². The molecule has 11 heteroatoms. The van der Waals surface area contributed by atoms with E-state index in [1.165, 1.54) is 17.0 Å². The second-order valence-corrected chi connectivity index (χ2v) is 9.36.